The first-order chi connectivity index (χ1) is 8.10. The zero-order chi connectivity index (χ0) is 12.3. The Balaban J connectivity index is 1.89. The van der Waals surface area contributed by atoms with Crippen LogP contribution in [-0.4, -0.2) is 29.5 Å². The lowest BCUT2D eigenvalue weighted by Crippen LogP contribution is -2.60. The van der Waals surface area contributed by atoms with E-state index in [1.807, 2.05) is 5.01 Å². The van der Waals surface area contributed by atoms with Crippen LogP contribution < -0.4 is 11.2 Å². The molecule has 1 saturated carbocycles. The van der Waals surface area contributed by atoms with Crippen LogP contribution in [-0.2, 0) is 4.79 Å². The number of piperidine rings is 1. The van der Waals surface area contributed by atoms with Gasteiger partial charge in [0.2, 0.25) is 0 Å². The smallest absolute Gasteiger partial charge is 0.254 e. The van der Waals surface area contributed by atoms with E-state index in [9.17, 15) is 4.79 Å². The average molecular weight is 239 g/mol. The highest BCUT2D eigenvalue weighted by atomic mass is 16.2. The molecule has 0 radical (unpaired) electrons. The van der Waals surface area contributed by atoms with Crippen LogP contribution in [0.1, 0.15) is 51.9 Å². The monoisotopic (exact) mass is 239 g/mol. The molecule has 4 heteroatoms. The quantitative estimate of drug-likeness (QED) is 0.766. The molecule has 1 heterocycles. The van der Waals surface area contributed by atoms with Gasteiger partial charge in [-0.1, -0.05) is 26.2 Å². The molecule has 4 nitrogen and oxygen atoms in total. The molecule has 2 fully saturated rings. The van der Waals surface area contributed by atoms with E-state index in [1.54, 1.807) is 0 Å². The molecule has 0 bridgehead atoms. The topological polar surface area (TPSA) is 58.4 Å². The number of nitrogens with one attached hydrogen (secondary N) is 1. The van der Waals surface area contributed by atoms with Crippen molar-refractivity contribution in [3.63, 3.8) is 0 Å². The summed E-state index contributed by atoms with van der Waals surface area (Å²) >= 11 is 0. The van der Waals surface area contributed by atoms with Crippen LogP contribution >= 0.6 is 0 Å². The molecule has 2 atom stereocenters. The molecule has 0 spiro atoms. The Morgan fingerprint density at radius 1 is 1.29 bits per heavy atom. The first kappa shape index (κ1) is 12.8. The van der Waals surface area contributed by atoms with Crippen LogP contribution in [0.15, 0.2) is 0 Å². The minimum atomic E-state index is -0.630. The Hall–Kier alpha value is -0.610. The summed E-state index contributed by atoms with van der Waals surface area (Å²) in [5.74, 6) is 0.604. The molecule has 0 aromatic carbocycles. The van der Waals surface area contributed by atoms with Gasteiger partial charge in [-0.25, -0.2) is 5.01 Å². The van der Waals surface area contributed by atoms with Crippen LogP contribution in [0.5, 0.6) is 0 Å². The summed E-state index contributed by atoms with van der Waals surface area (Å²) in [6, 6.07) is 0. The van der Waals surface area contributed by atoms with E-state index in [0.29, 0.717) is 5.92 Å². The molecular weight excluding hydrogens is 214 g/mol. The number of hydrogen-bond donors (Lipinski definition) is 2. The Morgan fingerprint density at radius 2 is 2.00 bits per heavy atom. The highest BCUT2D eigenvalue weighted by Gasteiger charge is 2.38. The Morgan fingerprint density at radius 3 is 2.65 bits per heavy atom. The Labute approximate surface area is 104 Å². The summed E-state index contributed by atoms with van der Waals surface area (Å²) in [6.07, 6.45) is 7.56. The molecule has 1 saturated heterocycles. The van der Waals surface area contributed by atoms with E-state index in [4.69, 9.17) is 5.73 Å². The second kappa shape index (κ2) is 5.36. The van der Waals surface area contributed by atoms with Crippen molar-refractivity contribution in [1.82, 2.24) is 10.4 Å². The summed E-state index contributed by atoms with van der Waals surface area (Å²) in [4.78, 5) is 12.3. The van der Waals surface area contributed by atoms with Gasteiger partial charge >= 0.3 is 0 Å². The number of nitrogens with two attached hydrogens (primary N) is 1. The van der Waals surface area contributed by atoms with Crippen molar-refractivity contribution in [2.75, 3.05) is 13.1 Å². The van der Waals surface area contributed by atoms with E-state index >= 15 is 0 Å². The molecule has 3 N–H and O–H groups in total. The van der Waals surface area contributed by atoms with E-state index < -0.39 is 5.54 Å². The van der Waals surface area contributed by atoms with Gasteiger partial charge in [0.1, 0.15) is 0 Å². The van der Waals surface area contributed by atoms with Crippen molar-refractivity contribution in [2.24, 2.45) is 11.7 Å². The van der Waals surface area contributed by atoms with E-state index in [0.717, 1.165) is 32.4 Å². The van der Waals surface area contributed by atoms with Crippen molar-refractivity contribution in [3.8, 4) is 0 Å². The van der Waals surface area contributed by atoms with Crippen LogP contribution in [0.25, 0.3) is 0 Å². The largest absolute Gasteiger partial charge is 0.317 e. The van der Waals surface area contributed by atoms with Crippen molar-refractivity contribution in [1.29, 1.82) is 0 Å². The van der Waals surface area contributed by atoms with Gasteiger partial charge < -0.3 is 5.73 Å². The molecule has 1 aliphatic carbocycles. The zero-order valence-corrected chi connectivity index (χ0v) is 10.9. The van der Waals surface area contributed by atoms with E-state index in [1.165, 1.54) is 25.7 Å². The second-order valence-corrected chi connectivity index (χ2v) is 5.85. The molecule has 2 unspecified atom stereocenters. The Kier molecular flexibility index (Phi) is 4.05. The van der Waals surface area contributed by atoms with Crippen LogP contribution in [0.2, 0.25) is 0 Å². The lowest BCUT2D eigenvalue weighted by Gasteiger charge is -2.37. The molecule has 1 amide bonds. The lowest BCUT2D eigenvalue weighted by molar-refractivity contribution is -0.133. The first-order valence-electron chi connectivity index (χ1n) is 6.95. The lowest BCUT2D eigenvalue weighted by atomic mass is 9.76. The van der Waals surface area contributed by atoms with Gasteiger partial charge in [0.05, 0.1) is 5.54 Å². The number of carbonyl (C=O) groups is 1. The number of hydrazine groups is 1. The fraction of sp³-hybridized carbons (Fsp3) is 0.923. The maximum atomic E-state index is 12.3. The van der Waals surface area contributed by atoms with Gasteiger partial charge in [0, 0.05) is 13.1 Å². The predicted molar refractivity (Wildman–Crippen MR) is 68.1 cm³/mol. The standard InChI is InChI=1S/C13H25N3O/c1-11-6-5-7-13(14,10-11)12(17)15-16-8-3-2-4-9-16/h11H,2-10,14H2,1H3,(H,15,17). The highest BCUT2D eigenvalue weighted by molar-refractivity contribution is 5.85. The molecule has 2 aliphatic rings. The number of carbonyl (C=O) groups excluding carboxylic acids is 1. The minimum absolute atomic E-state index is 0.0333. The number of hydrogen-bond acceptors (Lipinski definition) is 3. The Bertz CT molecular complexity index is 276. The molecule has 2 rings (SSSR count). The number of amides is 1. The predicted octanol–water partition coefficient (Wildman–Crippen LogP) is 1.41. The van der Waals surface area contributed by atoms with Gasteiger partial charge in [0.25, 0.3) is 5.91 Å². The normalized spacial score (nSPS) is 35.5. The first-order valence-corrected chi connectivity index (χ1v) is 6.95. The third-order valence-electron chi connectivity index (χ3n) is 4.10. The molecule has 1 aliphatic heterocycles. The summed E-state index contributed by atoms with van der Waals surface area (Å²) in [5.41, 5.74) is 8.66. The third kappa shape index (κ3) is 3.19. The number of nitrogens with zero attached hydrogens (tertiary/aromatic N) is 1. The van der Waals surface area contributed by atoms with E-state index in [-0.39, 0.29) is 5.91 Å². The van der Waals surface area contributed by atoms with Gasteiger partial charge in [-0.2, -0.15) is 0 Å². The van der Waals surface area contributed by atoms with Crippen molar-refractivity contribution < 1.29 is 4.79 Å². The van der Waals surface area contributed by atoms with Crippen molar-refractivity contribution in [2.45, 2.75) is 57.4 Å². The molecule has 0 aromatic rings. The third-order valence-corrected chi connectivity index (χ3v) is 4.10. The minimum Gasteiger partial charge on any atom is -0.317 e. The van der Waals surface area contributed by atoms with Gasteiger partial charge in [-0.15, -0.1) is 0 Å². The van der Waals surface area contributed by atoms with Crippen LogP contribution in [0.3, 0.4) is 0 Å². The maximum Gasteiger partial charge on any atom is 0.254 e. The SMILES string of the molecule is CC1CCCC(N)(C(=O)NN2CCCCC2)C1. The maximum absolute atomic E-state index is 12.3. The van der Waals surface area contributed by atoms with Gasteiger partial charge in [-0.3, -0.25) is 10.2 Å². The molecule has 98 valence electrons. The molecular formula is C13H25N3O. The fourth-order valence-electron chi connectivity index (χ4n) is 3.06. The molecule has 17 heavy (non-hydrogen) atoms. The second-order valence-electron chi connectivity index (χ2n) is 5.85. The summed E-state index contributed by atoms with van der Waals surface area (Å²) in [6.45, 7) is 4.13. The zero-order valence-electron chi connectivity index (χ0n) is 10.9. The summed E-state index contributed by atoms with van der Waals surface area (Å²) < 4.78 is 0. The van der Waals surface area contributed by atoms with Gasteiger partial charge in [-0.05, 0) is 31.6 Å². The summed E-state index contributed by atoms with van der Waals surface area (Å²) in [7, 11) is 0. The van der Waals surface area contributed by atoms with Crippen LogP contribution in [0.4, 0.5) is 0 Å². The van der Waals surface area contributed by atoms with Crippen molar-refractivity contribution >= 4 is 5.91 Å². The highest BCUT2D eigenvalue weighted by Crippen LogP contribution is 2.30. The fourth-order valence-corrected chi connectivity index (χ4v) is 3.06. The van der Waals surface area contributed by atoms with Crippen LogP contribution in [0, 0.1) is 5.92 Å². The number of rotatable bonds is 2. The van der Waals surface area contributed by atoms with E-state index in [2.05, 4.69) is 12.3 Å². The summed E-state index contributed by atoms with van der Waals surface area (Å²) in [5, 5.41) is 2.04. The molecule has 0 aromatic heterocycles. The average Bonchev–Trinajstić information content (AvgIpc) is 2.30. The van der Waals surface area contributed by atoms with Gasteiger partial charge in [0.15, 0.2) is 0 Å². The van der Waals surface area contributed by atoms with Crippen molar-refractivity contribution in [3.05, 3.63) is 0 Å².